The molecule has 1 aromatic rings. The van der Waals surface area contributed by atoms with E-state index < -0.39 is 11.9 Å². The van der Waals surface area contributed by atoms with Gasteiger partial charge in [-0.15, -0.1) is 0 Å². The molecule has 1 fully saturated rings. The molecule has 1 amide bonds. The summed E-state index contributed by atoms with van der Waals surface area (Å²) >= 11 is 0. The largest absolute Gasteiger partial charge is 0.481 e. The van der Waals surface area contributed by atoms with E-state index in [2.05, 4.69) is 13.8 Å². The Morgan fingerprint density at radius 3 is 2.48 bits per heavy atom. The minimum Gasteiger partial charge on any atom is -0.481 e. The Kier molecular flexibility index (Phi) is 7.00. The summed E-state index contributed by atoms with van der Waals surface area (Å²) < 4.78 is 5.70. The molecule has 0 aromatic heterocycles. The van der Waals surface area contributed by atoms with E-state index in [1.54, 1.807) is 4.90 Å². The molecule has 1 aliphatic heterocycles. The number of rotatable bonds is 8. The lowest BCUT2D eigenvalue weighted by molar-refractivity contribution is -0.141. The van der Waals surface area contributed by atoms with Gasteiger partial charge in [0.05, 0.1) is 25.0 Å². The summed E-state index contributed by atoms with van der Waals surface area (Å²) in [5, 5.41) is 9.51. The number of ether oxygens (including phenoxy) is 1. The average molecular weight is 347 g/mol. The molecule has 3 unspecified atom stereocenters. The molecule has 1 aromatic carbocycles. The zero-order valence-electron chi connectivity index (χ0n) is 15.4. The molecule has 0 bridgehead atoms. The fraction of sp³-hybridized carbons (Fsp3) is 0.600. The van der Waals surface area contributed by atoms with Crippen LogP contribution in [0.3, 0.4) is 0 Å². The maximum atomic E-state index is 12.4. The van der Waals surface area contributed by atoms with Gasteiger partial charge in [-0.1, -0.05) is 44.2 Å². The van der Waals surface area contributed by atoms with Gasteiger partial charge in [-0.2, -0.15) is 0 Å². The van der Waals surface area contributed by atoms with Crippen LogP contribution >= 0.6 is 0 Å². The highest BCUT2D eigenvalue weighted by Gasteiger charge is 2.40. The maximum absolute atomic E-state index is 12.4. The van der Waals surface area contributed by atoms with Gasteiger partial charge in [-0.25, -0.2) is 0 Å². The van der Waals surface area contributed by atoms with Gasteiger partial charge >= 0.3 is 5.97 Å². The number of carbonyl (C=O) groups excluding carboxylic acids is 1. The SMILES string of the molecule is CC(C)CC(C)OCCC(=O)N1CC(C(=O)O)C(c2ccccc2)C1. The molecule has 1 aliphatic rings. The standard InChI is InChI=1S/C20H29NO4/c1-14(2)11-15(3)25-10-9-19(22)21-12-17(18(13-21)20(23)24)16-7-5-4-6-8-16/h4-8,14-15,17-18H,9-13H2,1-3H3,(H,23,24). The number of nitrogens with zero attached hydrogens (tertiary/aromatic N) is 1. The zero-order valence-corrected chi connectivity index (χ0v) is 15.4. The second kappa shape index (κ2) is 8.99. The third-order valence-corrected chi connectivity index (χ3v) is 4.74. The van der Waals surface area contributed by atoms with Crippen molar-refractivity contribution < 1.29 is 19.4 Å². The second-order valence-corrected chi connectivity index (χ2v) is 7.32. The van der Waals surface area contributed by atoms with Crippen LogP contribution in [0.4, 0.5) is 0 Å². The van der Waals surface area contributed by atoms with Gasteiger partial charge in [0.1, 0.15) is 0 Å². The van der Waals surface area contributed by atoms with Crippen molar-refractivity contribution in [3.8, 4) is 0 Å². The zero-order chi connectivity index (χ0) is 18.4. The van der Waals surface area contributed by atoms with Gasteiger partial charge in [-0.3, -0.25) is 9.59 Å². The molecule has 2 rings (SSSR count). The van der Waals surface area contributed by atoms with Crippen LogP contribution in [-0.4, -0.2) is 47.7 Å². The van der Waals surface area contributed by atoms with E-state index in [9.17, 15) is 14.7 Å². The van der Waals surface area contributed by atoms with E-state index in [0.29, 0.717) is 25.5 Å². The van der Waals surface area contributed by atoms with Crippen LogP contribution in [0.1, 0.15) is 45.1 Å². The van der Waals surface area contributed by atoms with Crippen LogP contribution in [0.5, 0.6) is 0 Å². The number of amides is 1. The molecule has 25 heavy (non-hydrogen) atoms. The second-order valence-electron chi connectivity index (χ2n) is 7.32. The lowest BCUT2D eigenvalue weighted by Gasteiger charge is -2.18. The average Bonchev–Trinajstić information content (AvgIpc) is 3.00. The van der Waals surface area contributed by atoms with Gasteiger partial charge < -0.3 is 14.7 Å². The van der Waals surface area contributed by atoms with E-state index in [4.69, 9.17) is 4.74 Å². The smallest absolute Gasteiger partial charge is 0.308 e. The number of hydrogen-bond acceptors (Lipinski definition) is 3. The molecule has 0 aliphatic carbocycles. The van der Waals surface area contributed by atoms with E-state index in [-0.39, 0.29) is 24.5 Å². The minimum atomic E-state index is -0.842. The number of carboxylic acids is 1. The molecule has 1 heterocycles. The summed E-state index contributed by atoms with van der Waals surface area (Å²) in [5.74, 6) is -1.00. The van der Waals surface area contributed by atoms with Crippen LogP contribution in [0.2, 0.25) is 0 Å². The lowest BCUT2D eigenvalue weighted by atomic mass is 9.89. The molecule has 0 saturated carbocycles. The summed E-state index contributed by atoms with van der Waals surface area (Å²) in [6.45, 7) is 7.43. The van der Waals surface area contributed by atoms with Crippen molar-refractivity contribution >= 4 is 11.9 Å². The maximum Gasteiger partial charge on any atom is 0.308 e. The Bertz CT molecular complexity index is 572. The molecule has 5 heteroatoms. The monoisotopic (exact) mass is 347 g/mol. The number of hydrogen-bond donors (Lipinski definition) is 1. The van der Waals surface area contributed by atoms with Gasteiger partial charge in [-0.05, 0) is 24.8 Å². The number of benzene rings is 1. The van der Waals surface area contributed by atoms with Crippen LogP contribution < -0.4 is 0 Å². The van der Waals surface area contributed by atoms with Crippen molar-refractivity contribution in [2.75, 3.05) is 19.7 Å². The minimum absolute atomic E-state index is 0.0265. The van der Waals surface area contributed by atoms with Crippen molar-refractivity contribution in [3.05, 3.63) is 35.9 Å². The third kappa shape index (κ3) is 5.56. The van der Waals surface area contributed by atoms with Crippen molar-refractivity contribution in [3.63, 3.8) is 0 Å². The summed E-state index contributed by atoms with van der Waals surface area (Å²) in [6.07, 6.45) is 1.40. The Morgan fingerprint density at radius 2 is 1.88 bits per heavy atom. The quantitative estimate of drug-likeness (QED) is 0.784. The molecule has 0 spiro atoms. The van der Waals surface area contributed by atoms with Gasteiger partial charge in [0.15, 0.2) is 0 Å². The molecule has 5 nitrogen and oxygen atoms in total. The molecule has 1 N–H and O–H groups in total. The van der Waals surface area contributed by atoms with Crippen molar-refractivity contribution in [1.29, 1.82) is 0 Å². The normalized spacial score (nSPS) is 21.5. The van der Waals surface area contributed by atoms with Gasteiger partial charge in [0.2, 0.25) is 5.91 Å². The number of likely N-dealkylation sites (tertiary alicyclic amines) is 1. The Hall–Kier alpha value is -1.88. The Balaban J connectivity index is 1.90. The molecular weight excluding hydrogens is 318 g/mol. The van der Waals surface area contributed by atoms with E-state index in [1.807, 2.05) is 37.3 Å². The van der Waals surface area contributed by atoms with E-state index >= 15 is 0 Å². The molecular formula is C20H29NO4. The number of aliphatic carboxylic acids is 1. The first-order chi connectivity index (χ1) is 11.9. The van der Waals surface area contributed by atoms with Gasteiger partial charge in [0, 0.05) is 19.0 Å². The molecule has 138 valence electrons. The summed E-state index contributed by atoms with van der Waals surface area (Å²) in [6, 6.07) is 9.59. The van der Waals surface area contributed by atoms with E-state index in [1.165, 1.54) is 0 Å². The highest BCUT2D eigenvalue weighted by molar-refractivity contribution is 5.79. The fourth-order valence-electron chi connectivity index (χ4n) is 3.53. The highest BCUT2D eigenvalue weighted by Crippen LogP contribution is 2.33. The molecule has 0 radical (unpaired) electrons. The van der Waals surface area contributed by atoms with Crippen LogP contribution in [-0.2, 0) is 14.3 Å². The highest BCUT2D eigenvalue weighted by atomic mass is 16.5. The molecule has 1 saturated heterocycles. The lowest BCUT2D eigenvalue weighted by Crippen LogP contribution is -2.31. The first kappa shape index (κ1) is 19.4. The van der Waals surface area contributed by atoms with Crippen LogP contribution in [0, 0.1) is 11.8 Å². The third-order valence-electron chi connectivity index (χ3n) is 4.74. The number of carboxylic acid groups (broad SMARTS) is 1. The predicted molar refractivity (Wildman–Crippen MR) is 96.4 cm³/mol. The first-order valence-corrected chi connectivity index (χ1v) is 9.05. The Morgan fingerprint density at radius 1 is 1.20 bits per heavy atom. The van der Waals surface area contributed by atoms with Crippen molar-refractivity contribution in [2.45, 2.75) is 45.6 Å². The summed E-state index contributed by atoms with van der Waals surface area (Å²) in [4.78, 5) is 25.7. The van der Waals surface area contributed by atoms with Crippen molar-refractivity contribution in [2.24, 2.45) is 11.8 Å². The topological polar surface area (TPSA) is 66.8 Å². The fourth-order valence-corrected chi connectivity index (χ4v) is 3.53. The Labute approximate surface area is 150 Å². The van der Waals surface area contributed by atoms with Gasteiger partial charge in [0.25, 0.3) is 0 Å². The molecule has 3 atom stereocenters. The number of carbonyl (C=O) groups is 2. The first-order valence-electron chi connectivity index (χ1n) is 9.05. The van der Waals surface area contributed by atoms with Crippen LogP contribution in [0.15, 0.2) is 30.3 Å². The van der Waals surface area contributed by atoms with Crippen molar-refractivity contribution in [1.82, 2.24) is 4.90 Å². The predicted octanol–water partition coefficient (Wildman–Crippen LogP) is 3.15. The summed E-state index contributed by atoms with van der Waals surface area (Å²) in [5.41, 5.74) is 0.979. The van der Waals surface area contributed by atoms with E-state index in [0.717, 1.165) is 12.0 Å². The summed E-state index contributed by atoms with van der Waals surface area (Å²) in [7, 11) is 0. The van der Waals surface area contributed by atoms with Crippen LogP contribution in [0.25, 0.3) is 0 Å².